The molecule has 2 heterocycles. The summed E-state index contributed by atoms with van der Waals surface area (Å²) in [4.78, 5) is 30.9. The standard InChI is InChI=1S/C31H35N3O2/c1-4-22-23-11-7-9-20-10-8-12-24(28(20)23)29(22)33-17-15-21(16-18-33)34-26-14-6-5-13-25(26)31(2,30(34)36)19-27(35)32-3/h5-14,21-22,29H,4,15-19H2,1-3H3,(H,32,35)/t22-,29+,31?/m0/s1. The molecule has 0 saturated carbocycles. The molecule has 0 spiro atoms. The molecule has 0 bridgehead atoms. The van der Waals surface area contributed by atoms with E-state index < -0.39 is 5.41 Å². The van der Waals surface area contributed by atoms with Gasteiger partial charge >= 0.3 is 0 Å². The predicted molar refractivity (Wildman–Crippen MR) is 144 cm³/mol. The first-order valence-electron chi connectivity index (χ1n) is 13.4. The first-order chi connectivity index (χ1) is 17.5. The van der Waals surface area contributed by atoms with Crippen molar-refractivity contribution in [3.8, 4) is 0 Å². The third-order valence-corrected chi connectivity index (χ3v) is 9.01. The number of carbonyl (C=O) groups excluding carboxylic acids is 2. The zero-order valence-electron chi connectivity index (χ0n) is 21.5. The summed E-state index contributed by atoms with van der Waals surface area (Å²) < 4.78 is 0. The van der Waals surface area contributed by atoms with Gasteiger partial charge in [-0.15, -0.1) is 0 Å². The minimum atomic E-state index is -0.816. The number of rotatable bonds is 5. The summed E-state index contributed by atoms with van der Waals surface area (Å²) in [7, 11) is 1.63. The van der Waals surface area contributed by atoms with Gasteiger partial charge in [0, 0.05) is 50.2 Å². The number of nitrogens with zero attached hydrogens (tertiary/aromatic N) is 2. The summed E-state index contributed by atoms with van der Waals surface area (Å²) in [5.41, 5.74) is 4.10. The van der Waals surface area contributed by atoms with Crippen LogP contribution in [0.3, 0.4) is 0 Å². The molecule has 0 aromatic heterocycles. The summed E-state index contributed by atoms with van der Waals surface area (Å²) in [6, 6.07) is 22.1. The maximum atomic E-state index is 13.9. The van der Waals surface area contributed by atoms with E-state index in [1.807, 2.05) is 30.0 Å². The second kappa shape index (κ2) is 8.74. The Balaban J connectivity index is 1.26. The molecule has 2 amide bonds. The fraction of sp³-hybridized carbons (Fsp3) is 0.419. The van der Waals surface area contributed by atoms with Crippen LogP contribution in [0.1, 0.15) is 68.2 Å². The summed E-state index contributed by atoms with van der Waals surface area (Å²) in [5, 5.41) is 5.50. The van der Waals surface area contributed by atoms with Crippen molar-refractivity contribution in [3.05, 3.63) is 77.4 Å². The first kappa shape index (κ1) is 23.2. The van der Waals surface area contributed by atoms with E-state index in [4.69, 9.17) is 0 Å². The third kappa shape index (κ3) is 3.32. The number of anilines is 1. The quantitative estimate of drug-likeness (QED) is 0.539. The zero-order chi connectivity index (χ0) is 25.0. The highest BCUT2D eigenvalue weighted by molar-refractivity contribution is 6.10. The zero-order valence-corrected chi connectivity index (χ0v) is 21.5. The molecule has 5 heteroatoms. The monoisotopic (exact) mass is 481 g/mol. The molecular formula is C31H35N3O2. The van der Waals surface area contributed by atoms with Crippen LogP contribution < -0.4 is 10.2 Å². The second-order valence-corrected chi connectivity index (χ2v) is 10.9. The Kier molecular flexibility index (Phi) is 5.64. The van der Waals surface area contributed by atoms with Gasteiger partial charge in [0.25, 0.3) is 0 Å². The van der Waals surface area contributed by atoms with Crippen LogP contribution in [0.5, 0.6) is 0 Å². The molecular weight excluding hydrogens is 446 g/mol. The lowest BCUT2D eigenvalue weighted by molar-refractivity contribution is -0.129. The molecule has 1 saturated heterocycles. The van der Waals surface area contributed by atoms with Crippen molar-refractivity contribution in [1.82, 2.24) is 10.2 Å². The summed E-state index contributed by atoms with van der Waals surface area (Å²) in [6.45, 7) is 6.17. The van der Waals surface area contributed by atoms with Gasteiger partial charge in [-0.1, -0.05) is 61.5 Å². The number of hydrogen-bond acceptors (Lipinski definition) is 3. The lowest BCUT2D eigenvalue weighted by atomic mass is 9.80. The molecule has 1 N–H and O–H groups in total. The molecule has 1 unspecified atom stereocenters. The number of carbonyl (C=O) groups is 2. The lowest BCUT2D eigenvalue weighted by Gasteiger charge is -2.42. The molecule has 6 rings (SSSR count). The van der Waals surface area contributed by atoms with Crippen molar-refractivity contribution in [2.45, 2.75) is 62.9 Å². The van der Waals surface area contributed by atoms with Crippen LogP contribution in [0.15, 0.2) is 60.7 Å². The van der Waals surface area contributed by atoms with Crippen LogP contribution >= 0.6 is 0 Å². The first-order valence-corrected chi connectivity index (χ1v) is 13.4. The van der Waals surface area contributed by atoms with Gasteiger partial charge in [0.2, 0.25) is 11.8 Å². The van der Waals surface area contributed by atoms with E-state index in [1.165, 1.54) is 21.9 Å². The Morgan fingerprint density at radius 3 is 2.39 bits per heavy atom. The number of para-hydroxylation sites is 1. The Morgan fingerprint density at radius 2 is 1.69 bits per heavy atom. The van der Waals surface area contributed by atoms with Crippen LogP contribution in [0.4, 0.5) is 5.69 Å². The van der Waals surface area contributed by atoms with Gasteiger partial charge in [-0.25, -0.2) is 0 Å². The van der Waals surface area contributed by atoms with Crippen molar-refractivity contribution in [2.75, 3.05) is 25.0 Å². The van der Waals surface area contributed by atoms with Crippen LogP contribution in [0, 0.1) is 0 Å². The fourth-order valence-corrected chi connectivity index (χ4v) is 7.24. The molecule has 1 aliphatic carbocycles. The number of nitrogens with one attached hydrogen (secondary N) is 1. The van der Waals surface area contributed by atoms with E-state index in [2.05, 4.69) is 59.6 Å². The molecule has 3 atom stereocenters. The maximum Gasteiger partial charge on any atom is 0.238 e. The average Bonchev–Trinajstić information content (AvgIpc) is 3.35. The minimum absolute atomic E-state index is 0.0650. The van der Waals surface area contributed by atoms with Crippen LogP contribution in [0.25, 0.3) is 10.8 Å². The molecule has 3 aliphatic rings. The SMILES string of the molecule is CC[C@H]1c2cccc3cccc(c23)[C@@H]1N1CCC(N2C(=O)C(C)(CC(=O)NC)c3ccccc32)CC1. The summed E-state index contributed by atoms with van der Waals surface area (Å²) >= 11 is 0. The van der Waals surface area contributed by atoms with E-state index >= 15 is 0 Å². The molecule has 1 fully saturated rings. The number of benzene rings is 3. The van der Waals surface area contributed by atoms with E-state index in [0.717, 1.165) is 43.6 Å². The van der Waals surface area contributed by atoms with Crippen LogP contribution in [-0.4, -0.2) is 42.9 Å². The highest BCUT2D eigenvalue weighted by atomic mass is 16.2. The Morgan fingerprint density at radius 1 is 1.00 bits per heavy atom. The number of fused-ring (bicyclic) bond motifs is 1. The van der Waals surface area contributed by atoms with Gasteiger partial charge < -0.3 is 10.2 Å². The molecule has 2 aliphatic heterocycles. The number of hydrogen-bond donors (Lipinski definition) is 1. The van der Waals surface area contributed by atoms with Crippen molar-refractivity contribution in [2.24, 2.45) is 0 Å². The molecule has 5 nitrogen and oxygen atoms in total. The molecule has 3 aromatic rings. The van der Waals surface area contributed by atoms with E-state index in [1.54, 1.807) is 7.05 Å². The van der Waals surface area contributed by atoms with Gasteiger partial charge in [0.05, 0.1) is 5.41 Å². The molecule has 186 valence electrons. The largest absolute Gasteiger partial charge is 0.359 e. The average molecular weight is 482 g/mol. The van der Waals surface area contributed by atoms with Crippen molar-refractivity contribution in [1.29, 1.82) is 0 Å². The molecule has 0 radical (unpaired) electrons. The topological polar surface area (TPSA) is 52.7 Å². The molecule has 36 heavy (non-hydrogen) atoms. The van der Waals surface area contributed by atoms with Crippen molar-refractivity contribution in [3.63, 3.8) is 0 Å². The Labute approximate surface area is 213 Å². The van der Waals surface area contributed by atoms with Gasteiger partial charge in [-0.05, 0) is 59.7 Å². The van der Waals surface area contributed by atoms with Crippen LogP contribution in [0.2, 0.25) is 0 Å². The van der Waals surface area contributed by atoms with Gasteiger partial charge in [0.1, 0.15) is 0 Å². The fourth-order valence-electron chi connectivity index (χ4n) is 7.24. The van der Waals surface area contributed by atoms with Gasteiger partial charge in [-0.2, -0.15) is 0 Å². The van der Waals surface area contributed by atoms with Crippen molar-refractivity contribution < 1.29 is 9.59 Å². The maximum absolute atomic E-state index is 13.9. The van der Waals surface area contributed by atoms with E-state index in [-0.39, 0.29) is 24.3 Å². The Bertz CT molecular complexity index is 1340. The number of piperidine rings is 1. The predicted octanol–water partition coefficient (Wildman–Crippen LogP) is 5.29. The van der Waals surface area contributed by atoms with E-state index in [9.17, 15) is 9.59 Å². The normalized spacial score (nSPS) is 26.0. The highest BCUT2D eigenvalue weighted by Gasteiger charge is 2.51. The number of likely N-dealkylation sites (tertiary alicyclic amines) is 1. The summed E-state index contributed by atoms with van der Waals surface area (Å²) in [5.74, 6) is 0.473. The van der Waals surface area contributed by atoms with Gasteiger partial charge in [-0.3, -0.25) is 14.5 Å². The third-order valence-electron chi connectivity index (χ3n) is 9.01. The summed E-state index contributed by atoms with van der Waals surface area (Å²) in [6.07, 6.45) is 3.18. The van der Waals surface area contributed by atoms with Crippen molar-refractivity contribution >= 4 is 28.3 Å². The second-order valence-electron chi connectivity index (χ2n) is 10.9. The molecule has 3 aromatic carbocycles. The lowest BCUT2D eigenvalue weighted by Crippen LogP contribution is -2.50. The smallest absolute Gasteiger partial charge is 0.238 e. The van der Waals surface area contributed by atoms with Gasteiger partial charge in [0.15, 0.2) is 0 Å². The van der Waals surface area contributed by atoms with E-state index in [0.29, 0.717) is 12.0 Å². The minimum Gasteiger partial charge on any atom is -0.359 e. The Hall–Kier alpha value is -3.18. The number of amides is 2. The highest BCUT2D eigenvalue weighted by Crippen LogP contribution is 2.51. The van der Waals surface area contributed by atoms with Crippen LogP contribution in [-0.2, 0) is 15.0 Å².